The summed E-state index contributed by atoms with van der Waals surface area (Å²) in [4.78, 5) is 63.2. The minimum atomic E-state index is -0.924. The van der Waals surface area contributed by atoms with Crippen LogP contribution in [-0.4, -0.2) is 35.9 Å². The normalized spacial score (nSPS) is 33.1. The largest absolute Gasteiger partial charge is 0.458 e. The van der Waals surface area contributed by atoms with Crippen molar-refractivity contribution in [2.75, 3.05) is 0 Å². The Morgan fingerprint density at radius 2 is 1.71 bits per heavy atom. The highest BCUT2D eigenvalue weighted by Crippen LogP contribution is 2.61. The molecule has 0 aromatic rings. The van der Waals surface area contributed by atoms with Crippen molar-refractivity contribution in [3.8, 4) is 0 Å². The van der Waals surface area contributed by atoms with Gasteiger partial charge in [-0.2, -0.15) is 0 Å². The Balaban J connectivity index is 2.29. The quantitative estimate of drug-likeness (QED) is 0.383. The third-order valence-electron chi connectivity index (χ3n) is 7.16. The van der Waals surface area contributed by atoms with Gasteiger partial charge < -0.3 is 14.3 Å². The van der Waals surface area contributed by atoms with E-state index in [0.29, 0.717) is 19.3 Å². The molecule has 1 fully saturated rings. The predicted octanol–water partition coefficient (Wildman–Crippen LogP) is 3.26. The molecule has 0 bridgehead atoms. The Morgan fingerprint density at radius 3 is 2.23 bits per heavy atom. The van der Waals surface area contributed by atoms with Gasteiger partial charge in [0.25, 0.3) is 0 Å². The third-order valence-corrected chi connectivity index (χ3v) is 7.16. The van der Waals surface area contributed by atoms with E-state index in [0.717, 1.165) is 6.29 Å². The second-order valence-electron chi connectivity index (χ2n) is 9.72. The molecule has 0 unspecified atom stereocenters. The summed E-state index contributed by atoms with van der Waals surface area (Å²) in [5.74, 6) is -3.12. The number of esters is 2. The van der Waals surface area contributed by atoms with Gasteiger partial charge in [0.2, 0.25) is 5.78 Å². The van der Waals surface area contributed by atoms with Crippen LogP contribution in [0, 0.1) is 22.7 Å². The number of ether oxygens (including phenoxy) is 2. The fourth-order valence-corrected chi connectivity index (χ4v) is 5.89. The lowest BCUT2D eigenvalue weighted by Gasteiger charge is -2.55. The fraction of sp³-hybridized carbons (Fsp3) is 0.625. The Morgan fingerprint density at radius 1 is 1.06 bits per heavy atom. The van der Waals surface area contributed by atoms with Crippen LogP contribution in [0.15, 0.2) is 22.5 Å². The molecule has 0 aliphatic heterocycles. The molecule has 31 heavy (non-hydrogen) atoms. The molecule has 0 aromatic heterocycles. The van der Waals surface area contributed by atoms with Crippen molar-refractivity contribution >= 4 is 29.8 Å². The predicted molar refractivity (Wildman–Crippen MR) is 110 cm³/mol. The Labute approximate surface area is 182 Å². The zero-order chi connectivity index (χ0) is 23.3. The number of hydrogen-bond acceptors (Lipinski definition) is 7. The zero-order valence-electron chi connectivity index (χ0n) is 19.0. The number of fused-ring (bicyclic) bond motifs is 2. The summed E-state index contributed by atoms with van der Waals surface area (Å²) in [6.45, 7) is 9.68. The van der Waals surface area contributed by atoms with Crippen molar-refractivity contribution in [2.24, 2.45) is 22.7 Å². The van der Waals surface area contributed by atoms with Gasteiger partial charge in [0.1, 0.15) is 12.4 Å². The van der Waals surface area contributed by atoms with Gasteiger partial charge in [-0.3, -0.25) is 19.2 Å². The van der Waals surface area contributed by atoms with Crippen LogP contribution >= 0.6 is 0 Å². The number of allylic oxidation sites excluding steroid dienone is 2. The van der Waals surface area contributed by atoms with Crippen LogP contribution in [0.5, 0.6) is 0 Å². The minimum Gasteiger partial charge on any atom is -0.458 e. The van der Waals surface area contributed by atoms with E-state index in [-0.39, 0.29) is 40.7 Å². The monoisotopic (exact) mass is 430 g/mol. The maximum atomic E-state index is 13.8. The summed E-state index contributed by atoms with van der Waals surface area (Å²) in [7, 11) is 0. The second kappa shape index (κ2) is 7.84. The van der Waals surface area contributed by atoms with E-state index in [1.165, 1.54) is 13.8 Å². The van der Waals surface area contributed by atoms with Crippen LogP contribution in [0.25, 0.3) is 0 Å². The highest BCUT2D eigenvalue weighted by atomic mass is 16.5. The number of ketones is 2. The van der Waals surface area contributed by atoms with Gasteiger partial charge in [-0.05, 0) is 31.1 Å². The van der Waals surface area contributed by atoms with Crippen LogP contribution in [0.1, 0.15) is 67.2 Å². The molecule has 3 aliphatic rings. The first kappa shape index (κ1) is 23.1. The van der Waals surface area contributed by atoms with Crippen LogP contribution in [-0.2, 0) is 33.4 Å². The summed E-state index contributed by atoms with van der Waals surface area (Å²) >= 11 is 0. The number of hydrogen-bond donors (Lipinski definition) is 0. The summed E-state index contributed by atoms with van der Waals surface area (Å²) in [5, 5.41) is 0. The van der Waals surface area contributed by atoms with Gasteiger partial charge in [-0.1, -0.05) is 34.1 Å². The van der Waals surface area contributed by atoms with Gasteiger partial charge in [0.05, 0.1) is 0 Å². The molecule has 0 N–H and O–H groups in total. The van der Waals surface area contributed by atoms with Gasteiger partial charge >= 0.3 is 11.9 Å². The second-order valence-corrected chi connectivity index (χ2v) is 9.72. The van der Waals surface area contributed by atoms with E-state index in [1.54, 1.807) is 13.8 Å². The van der Waals surface area contributed by atoms with E-state index < -0.39 is 40.4 Å². The molecule has 1 saturated carbocycles. The van der Waals surface area contributed by atoms with Gasteiger partial charge in [-0.25, -0.2) is 0 Å². The van der Waals surface area contributed by atoms with Crippen molar-refractivity contribution in [3.63, 3.8) is 0 Å². The van der Waals surface area contributed by atoms with Gasteiger partial charge in [0, 0.05) is 41.4 Å². The first-order valence-electron chi connectivity index (χ1n) is 10.8. The SMILES string of the molecule is CC(=O)OC1=C(C(C)C)C(=O)C2=C(C1=O)[C@@]1(C)CCC[C@](C)(C=O)[C@@H]1C[C@H]2OC(C)=O. The Bertz CT molecular complexity index is 938. The molecular weight excluding hydrogens is 400 g/mol. The number of aldehydes is 1. The number of rotatable bonds is 4. The lowest BCUT2D eigenvalue weighted by atomic mass is 9.48. The maximum Gasteiger partial charge on any atom is 0.308 e. The molecule has 0 heterocycles. The number of carbonyl (C=O) groups excluding carboxylic acids is 5. The molecule has 0 amide bonds. The molecule has 0 spiro atoms. The van der Waals surface area contributed by atoms with Crippen molar-refractivity contribution in [3.05, 3.63) is 22.5 Å². The summed E-state index contributed by atoms with van der Waals surface area (Å²) in [5.41, 5.74) is -0.980. The van der Waals surface area contributed by atoms with E-state index in [4.69, 9.17) is 9.47 Å². The van der Waals surface area contributed by atoms with Gasteiger partial charge in [0.15, 0.2) is 11.5 Å². The highest BCUT2D eigenvalue weighted by molar-refractivity contribution is 6.26. The maximum absolute atomic E-state index is 13.8. The van der Waals surface area contributed by atoms with Crippen LogP contribution in [0.3, 0.4) is 0 Å². The minimum absolute atomic E-state index is 0.118. The van der Waals surface area contributed by atoms with E-state index >= 15 is 0 Å². The van der Waals surface area contributed by atoms with E-state index in [2.05, 4.69) is 0 Å². The van der Waals surface area contributed by atoms with E-state index in [1.807, 2.05) is 13.8 Å². The molecule has 4 atom stereocenters. The molecular formula is C24H30O7. The molecule has 7 nitrogen and oxygen atoms in total. The molecule has 0 aromatic carbocycles. The van der Waals surface area contributed by atoms with E-state index in [9.17, 15) is 24.0 Å². The molecule has 0 saturated heterocycles. The molecule has 3 aliphatic carbocycles. The van der Waals surface area contributed by atoms with Crippen LogP contribution in [0.4, 0.5) is 0 Å². The summed E-state index contributed by atoms with van der Waals surface area (Å²) < 4.78 is 10.8. The van der Waals surface area contributed by atoms with Crippen LogP contribution in [0.2, 0.25) is 0 Å². The molecule has 3 rings (SSSR count). The average molecular weight is 430 g/mol. The smallest absolute Gasteiger partial charge is 0.308 e. The zero-order valence-corrected chi connectivity index (χ0v) is 19.0. The fourth-order valence-electron chi connectivity index (χ4n) is 5.89. The standard InChI is InChI=1S/C24H30O7/c1-12(2)17-20(28)18-15(30-13(3)26)10-16-23(5,11-25)8-7-9-24(16,6)19(18)21(29)22(17)31-14(4)27/h11-12,15-16H,7-10H2,1-6H3/t15-,16+,23-,24+/m1/s1. The molecule has 0 radical (unpaired) electrons. The highest BCUT2D eigenvalue weighted by Gasteiger charge is 2.60. The topological polar surface area (TPSA) is 104 Å². The number of Topliss-reactive ketones (excluding diaryl/α,β-unsaturated/α-hetero) is 2. The van der Waals surface area contributed by atoms with Crippen molar-refractivity contribution in [1.82, 2.24) is 0 Å². The lowest BCUT2D eigenvalue weighted by molar-refractivity contribution is -0.150. The molecule has 7 heteroatoms. The number of carbonyl (C=O) groups is 5. The third kappa shape index (κ3) is 3.58. The Kier molecular flexibility index (Phi) is 5.84. The summed E-state index contributed by atoms with van der Waals surface area (Å²) in [6, 6.07) is 0. The first-order valence-corrected chi connectivity index (χ1v) is 10.8. The van der Waals surface area contributed by atoms with Crippen molar-refractivity contribution in [1.29, 1.82) is 0 Å². The van der Waals surface area contributed by atoms with Gasteiger partial charge in [-0.15, -0.1) is 0 Å². The summed E-state index contributed by atoms with van der Waals surface area (Å²) in [6.07, 6.45) is 2.25. The van der Waals surface area contributed by atoms with Crippen molar-refractivity contribution < 1.29 is 33.4 Å². The Hall–Kier alpha value is -2.57. The van der Waals surface area contributed by atoms with Crippen molar-refractivity contribution in [2.45, 2.75) is 73.3 Å². The molecule has 168 valence electrons. The lowest BCUT2D eigenvalue weighted by Crippen LogP contribution is -2.54. The van der Waals surface area contributed by atoms with Crippen LogP contribution < -0.4 is 0 Å². The average Bonchev–Trinajstić information content (AvgIpc) is 2.65. The first-order chi connectivity index (χ1) is 14.4.